The Hall–Kier alpha value is -4.62. The lowest BCUT2D eigenvalue weighted by molar-refractivity contribution is 0.0955. The molecule has 41 heavy (non-hydrogen) atoms. The van der Waals surface area contributed by atoms with Gasteiger partial charge in [-0.1, -0.05) is 60.7 Å². The fourth-order valence-electron chi connectivity index (χ4n) is 4.47. The van der Waals surface area contributed by atoms with Gasteiger partial charge in [-0.15, -0.1) is 0 Å². The van der Waals surface area contributed by atoms with E-state index < -0.39 is 0 Å². The van der Waals surface area contributed by atoms with Crippen molar-refractivity contribution in [2.24, 2.45) is 5.10 Å². The highest BCUT2D eigenvalue weighted by atomic mass is 79.9. The summed E-state index contributed by atoms with van der Waals surface area (Å²) >= 11 is 3.58. The van der Waals surface area contributed by atoms with Crippen LogP contribution in [0.15, 0.2) is 119 Å². The number of rotatable bonds is 10. The molecule has 0 aliphatic heterocycles. The zero-order valence-electron chi connectivity index (χ0n) is 22.9. The summed E-state index contributed by atoms with van der Waals surface area (Å²) in [5, 5.41) is 4.19. The van der Waals surface area contributed by atoms with Crippen molar-refractivity contribution >= 4 is 28.1 Å². The SMILES string of the molecule is CCOc1cc(/C=N/NC(=O)c2ccc(-n3c(C)ccc3-c3ccccc3)cc2)c(Br)cc1OCc1ccccc1. The molecule has 0 saturated heterocycles. The van der Waals surface area contributed by atoms with E-state index in [1.165, 1.54) is 0 Å². The lowest BCUT2D eigenvalue weighted by Gasteiger charge is -2.14. The Kier molecular flexibility index (Phi) is 8.96. The van der Waals surface area contributed by atoms with Gasteiger partial charge in [-0.25, -0.2) is 5.43 Å². The zero-order chi connectivity index (χ0) is 28.6. The molecule has 1 N–H and O–H groups in total. The number of ether oxygens (including phenoxy) is 2. The summed E-state index contributed by atoms with van der Waals surface area (Å²) in [5.74, 6) is 0.923. The van der Waals surface area contributed by atoms with Crippen LogP contribution in [0.4, 0.5) is 0 Å². The van der Waals surface area contributed by atoms with E-state index in [1.54, 1.807) is 18.3 Å². The number of hydrogen-bond donors (Lipinski definition) is 1. The number of carbonyl (C=O) groups is 1. The van der Waals surface area contributed by atoms with E-state index >= 15 is 0 Å². The van der Waals surface area contributed by atoms with Crippen molar-refractivity contribution in [1.82, 2.24) is 9.99 Å². The molecule has 0 saturated carbocycles. The number of amides is 1. The molecule has 0 aliphatic rings. The molecule has 6 nitrogen and oxygen atoms in total. The Bertz CT molecular complexity index is 1650. The van der Waals surface area contributed by atoms with E-state index in [4.69, 9.17) is 9.47 Å². The van der Waals surface area contributed by atoms with Crippen molar-refractivity contribution in [3.63, 3.8) is 0 Å². The monoisotopic (exact) mass is 607 g/mol. The lowest BCUT2D eigenvalue weighted by Crippen LogP contribution is -2.17. The van der Waals surface area contributed by atoms with Gasteiger partial charge in [-0.3, -0.25) is 4.79 Å². The molecule has 206 valence electrons. The minimum atomic E-state index is -0.302. The average molecular weight is 609 g/mol. The summed E-state index contributed by atoms with van der Waals surface area (Å²) in [4.78, 5) is 12.8. The molecule has 5 aromatic rings. The van der Waals surface area contributed by atoms with Gasteiger partial charge in [0.1, 0.15) is 6.61 Å². The average Bonchev–Trinajstić information content (AvgIpc) is 3.40. The molecule has 0 atom stereocenters. The fraction of sp³-hybridized carbons (Fsp3) is 0.118. The van der Waals surface area contributed by atoms with Gasteiger partial charge in [-0.05, 0) is 89.4 Å². The van der Waals surface area contributed by atoms with Crippen LogP contribution in [0, 0.1) is 6.92 Å². The molecule has 1 aromatic heterocycles. The lowest BCUT2D eigenvalue weighted by atomic mass is 10.1. The second kappa shape index (κ2) is 13.2. The standard InChI is InChI=1S/C34H30BrN3O3/c1-3-40-32-20-28(30(35)21-33(32)41-23-25-10-6-4-7-11-25)22-36-37-34(39)27-15-17-29(18-16-27)38-24(2)14-19-31(38)26-12-8-5-9-13-26/h4-22H,3,23H2,1-2H3,(H,37,39)/b36-22+. The van der Waals surface area contributed by atoms with E-state index in [9.17, 15) is 4.79 Å². The number of benzene rings is 4. The summed E-state index contributed by atoms with van der Waals surface area (Å²) < 4.78 is 14.8. The Balaban J connectivity index is 1.27. The van der Waals surface area contributed by atoms with Gasteiger partial charge >= 0.3 is 0 Å². The van der Waals surface area contributed by atoms with Gasteiger partial charge in [-0.2, -0.15) is 5.10 Å². The maximum atomic E-state index is 12.8. The Morgan fingerprint density at radius 3 is 2.27 bits per heavy atom. The van der Waals surface area contributed by atoms with Gasteiger partial charge in [0.2, 0.25) is 0 Å². The highest BCUT2D eigenvalue weighted by molar-refractivity contribution is 9.10. The molecule has 0 bridgehead atoms. The Morgan fingerprint density at radius 2 is 1.56 bits per heavy atom. The molecule has 0 fully saturated rings. The summed E-state index contributed by atoms with van der Waals surface area (Å²) in [6, 6.07) is 35.6. The van der Waals surface area contributed by atoms with Crippen molar-refractivity contribution in [1.29, 1.82) is 0 Å². The molecular weight excluding hydrogens is 578 g/mol. The third kappa shape index (κ3) is 6.76. The smallest absolute Gasteiger partial charge is 0.271 e. The van der Waals surface area contributed by atoms with Crippen LogP contribution >= 0.6 is 15.9 Å². The highest BCUT2D eigenvalue weighted by Gasteiger charge is 2.13. The van der Waals surface area contributed by atoms with Crippen LogP contribution in [0.3, 0.4) is 0 Å². The molecule has 0 spiro atoms. The Labute approximate surface area is 248 Å². The number of nitrogens with zero attached hydrogens (tertiary/aromatic N) is 2. The third-order valence-electron chi connectivity index (χ3n) is 6.50. The van der Waals surface area contributed by atoms with Crippen LogP contribution < -0.4 is 14.9 Å². The topological polar surface area (TPSA) is 64.8 Å². The quantitative estimate of drug-likeness (QED) is 0.129. The molecule has 1 heterocycles. The maximum Gasteiger partial charge on any atom is 0.271 e. The van der Waals surface area contributed by atoms with Gasteiger partial charge in [0, 0.05) is 27.0 Å². The Morgan fingerprint density at radius 1 is 0.878 bits per heavy atom. The number of carbonyl (C=O) groups excluding carboxylic acids is 1. The minimum absolute atomic E-state index is 0.302. The second-order valence-corrected chi connectivity index (χ2v) is 10.2. The molecule has 0 aliphatic carbocycles. The van der Waals surface area contributed by atoms with Gasteiger partial charge in [0.05, 0.1) is 18.5 Å². The number of aromatic nitrogens is 1. The van der Waals surface area contributed by atoms with E-state index in [0.717, 1.165) is 38.2 Å². The van der Waals surface area contributed by atoms with Gasteiger partial charge in [0.25, 0.3) is 5.91 Å². The van der Waals surface area contributed by atoms with E-state index in [2.05, 4.69) is 62.2 Å². The first-order valence-corrected chi connectivity index (χ1v) is 14.1. The molecule has 0 radical (unpaired) electrons. The van der Waals surface area contributed by atoms with Crippen LogP contribution in [-0.2, 0) is 6.61 Å². The summed E-state index contributed by atoms with van der Waals surface area (Å²) in [5.41, 5.74) is 9.25. The maximum absolute atomic E-state index is 12.8. The van der Waals surface area contributed by atoms with Crippen LogP contribution in [0.25, 0.3) is 16.9 Å². The van der Waals surface area contributed by atoms with Crippen molar-refractivity contribution in [3.05, 3.63) is 136 Å². The number of halogens is 1. The van der Waals surface area contributed by atoms with Crippen LogP contribution in [-0.4, -0.2) is 23.3 Å². The first-order chi connectivity index (χ1) is 20.0. The molecule has 4 aromatic carbocycles. The van der Waals surface area contributed by atoms with Crippen LogP contribution in [0.1, 0.15) is 34.1 Å². The second-order valence-electron chi connectivity index (χ2n) is 9.34. The van der Waals surface area contributed by atoms with Crippen molar-refractivity contribution in [2.75, 3.05) is 6.61 Å². The van der Waals surface area contributed by atoms with Crippen molar-refractivity contribution in [3.8, 4) is 28.4 Å². The molecule has 5 rings (SSSR count). The minimum Gasteiger partial charge on any atom is -0.490 e. The summed E-state index contributed by atoms with van der Waals surface area (Å²) in [7, 11) is 0. The van der Waals surface area contributed by atoms with Crippen LogP contribution in [0.2, 0.25) is 0 Å². The number of hydrogen-bond acceptors (Lipinski definition) is 4. The van der Waals surface area contributed by atoms with Gasteiger partial charge in [0.15, 0.2) is 11.5 Å². The van der Waals surface area contributed by atoms with Gasteiger partial charge < -0.3 is 14.0 Å². The normalized spacial score (nSPS) is 11.0. The number of aryl methyl sites for hydroxylation is 1. The predicted molar refractivity (Wildman–Crippen MR) is 167 cm³/mol. The van der Waals surface area contributed by atoms with Crippen LogP contribution in [0.5, 0.6) is 11.5 Å². The van der Waals surface area contributed by atoms with Crippen molar-refractivity contribution in [2.45, 2.75) is 20.5 Å². The molecule has 7 heteroatoms. The molecule has 0 unspecified atom stereocenters. The van der Waals surface area contributed by atoms with E-state index in [-0.39, 0.29) is 5.91 Å². The fourth-order valence-corrected chi connectivity index (χ4v) is 4.89. The third-order valence-corrected chi connectivity index (χ3v) is 7.19. The van der Waals surface area contributed by atoms with Crippen molar-refractivity contribution < 1.29 is 14.3 Å². The summed E-state index contributed by atoms with van der Waals surface area (Å²) in [6.07, 6.45) is 1.58. The highest BCUT2D eigenvalue weighted by Crippen LogP contribution is 2.34. The zero-order valence-corrected chi connectivity index (χ0v) is 24.5. The first-order valence-electron chi connectivity index (χ1n) is 13.3. The molecular formula is C34H30BrN3O3. The van der Waals surface area contributed by atoms with E-state index in [0.29, 0.717) is 30.3 Å². The summed E-state index contributed by atoms with van der Waals surface area (Å²) in [6.45, 7) is 4.90. The number of nitrogens with one attached hydrogen (secondary N) is 1. The first kappa shape index (κ1) is 27.9. The van der Waals surface area contributed by atoms with E-state index in [1.807, 2.05) is 79.7 Å². The molecule has 1 amide bonds. The predicted octanol–water partition coefficient (Wildman–Crippen LogP) is 7.96. The number of hydrazone groups is 1. The largest absolute Gasteiger partial charge is 0.490 e.